The normalized spacial score (nSPS) is 12.2. The number of hydrogen-bond donors (Lipinski definition) is 1. The first kappa shape index (κ1) is 13.9. The summed E-state index contributed by atoms with van der Waals surface area (Å²) in [5, 5.41) is 2.09. The Kier molecular flexibility index (Phi) is 4.82. The van der Waals surface area contributed by atoms with Gasteiger partial charge in [-0.25, -0.2) is 0 Å². The second-order valence-electron chi connectivity index (χ2n) is 4.29. The van der Waals surface area contributed by atoms with E-state index in [4.69, 9.17) is 15.2 Å². The van der Waals surface area contributed by atoms with Crippen molar-refractivity contribution in [1.29, 1.82) is 0 Å². The summed E-state index contributed by atoms with van der Waals surface area (Å²) in [6.45, 7) is 0.655. The van der Waals surface area contributed by atoms with Crippen molar-refractivity contribution in [3.8, 4) is 11.5 Å². The number of hydrogen-bond acceptors (Lipinski definition) is 4. The molecule has 0 aliphatic rings. The minimum absolute atomic E-state index is 0.300. The highest BCUT2D eigenvalue weighted by molar-refractivity contribution is 7.10. The number of nitrogens with two attached hydrogens (primary N) is 1. The van der Waals surface area contributed by atoms with E-state index in [9.17, 15) is 0 Å². The Labute approximate surface area is 118 Å². The number of rotatable bonds is 6. The first-order valence-corrected chi connectivity index (χ1v) is 7.13. The zero-order valence-corrected chi connectivity index (χ0v) is 12.1. The van der Waals surface area contributed by atoms with Crippen LogP contribution in [-0.2, 0) is 0 Å². The Hall–Kier alpha value is -1.52. The molecule has 0 saturated carbocycles. The lowest BCUT2D eigenvalue weighted by molar-refractivity contribution is 0.393. The SMILES string of the molecule is COc1cc(OC)cc(C(CCN)c2cccs2)c1. The van der Waals surface area contributed by atoms with Crippen LogP contribution in [-0.4, -0.2) is 20.8 Å². The Morgan fingerprint density at radius 3 is 2.32 bits per heavy atom. The van der Waals surface area contributed by atoms with Crippen LogP contribution in [0, 0.1) is 0 Å². The topological polar surface area (TPSA) is 44.5 Å². The van der Waals surface area contributed by atoms with Crippen LogP contribution in [0.1, 0.15) is 22.8 Å². The largest absolute Gasteiger partial charge is 0.497 e. The molecule has 1 aromatic heterocycles. The first-order chi connectivity index (χ1) is 9.28. The Balaban J connectivity index is 2.41. The molecule has 2 aromatic rings. The van der Waals surface area contributed by atoms with E-state index in [0.717, 1.165) is 17.9 Å². The predicted octanol–water partition coefficient (Wildman–Crippen LogP) is 3.25. The Morgan fingerprint density at radius 1 is 1.16 bits per heavy atom. The summed E-state index contributed by atoms with van der Waals surface area (Å²) in [6, 6.07) is 10.2. The van der Waals surface area contributed by atoms with E-state index < -0.39 is 0 Å². The molecule has 1 atom stereocenters. The van der Waals surface area contributed by atoms with E-state index in [1.54, 1.807) is 25.6 Å². The van der Waals surface area contributed by atoms with Crippen molar-refractivity contribution in [1.82, 2.24) is 0 Å². The number of ether oxygens (including phenoxy) is 2. The van der Waals surface area contributed by atoms with Crippen LogP contribution in [0.4, 0.5) is 0 Å². The first-order valence-electron chi connectivity index (χ1n) is 6.25. The molecule has 1 aromatic carbocycles. The minimum atomic E-state index is 0.300. The molecule has 0 bridgehead atoms. The van der Waals surface area contributed by atoms with Crippen LogP contribution in [0.2, 0.25) is 0 Å². The predicted molar refractivity (Wildman–Crippen MR) is 79.4 cm³/mol. The molecule has 102 valence electrons. The van der Waals surface area contributed by atoms with Crippen LogP contribution in [0.15, 0.2) is 35.7 Å². The van der Waals surface area contributed by atoms with E-state index in [2.05, 4.69) is 29.6 Å². The monoisotopic (exact) mass is 277 g/mol. The third-order valence-corrected chi connectivity index (χ3v) is 4.10. The lowest BCUT2D eigenvalue weighted by Crippen LogP contribution is -2.08. The van der Waals surface area contributed by atoms with Crippen LogP contribution in [0.5, 0.6) is 11.5 Å². The maximum Gasteiger partial charge on any atom is 0.122 e. The molecule has 0 aliphatic heterocycles. The van der Waals surface area contributed by atoms with Crippen molar-refractivity contribution in [2.45, 2.75) is 12.3 Å². The molecule has 0 amide bonds. The summed E-state index contributed by atoms with van der Waals surface area (Å²) < 4.78 is 10.7. The van der Waals surface area contributed by atoms with Gasteiger partial charge in [-0.3, -0.25) is 0 Å². The summed E-state index contributed by atoms with van der Waals surface area (Å²) in [5.74, 6) is 1.93. The van der Waals surface area contributed by atoms with Crippen LogP contribution >= 0.6 is 11.3 Å². The Bertz CT molecular complexity index is 489. The van der Waals surface area contributed by atoms with Crippen molar-refractivity contribution in [3.63, 3.8) is 0 Å². The van der Waals surface area contributed by atoms with Gasteiger partial charge in [-0.05, 0) is 42.1 Å². The van der Waals surface area contributed by atoms with E-state index in [-0.39, 0.29) is 0 Å². The van der Waals surface area contributed by atoms with Gasteiger partial charge in [0.1, 0.15) is 11.5 Å². The molecular formula is C15H19NO2S. The number of benzene rings is 1. The molecule has 2 N–H and O–H groups in total. The van der Waals surface area contributed by atoms with Crippen molar-refractivity contribution in [2.75, 3.05) is 20.8 Å². The molecule has 4 heteroatoms. The van der Waals surface area contributed by atoms with Crippen molar-refractivity contribution in [2.24, 2.45) is 5.73 Å². The lowest BCUT2D eigenvalue weighted by atomic mass is 9.93. The zero-order valence-electron chi connectivity index (χ0n) is 11.3. The summed E-state index contributed by atoms with van der Waals surface area (Å²) in [7, 11) is 3.34. The molecule has 0 fully saturated rings. The second kappa shape index (κ2) is 6.59. The van der Waals surface area contributed by atoms with Gasteiger partial charge in [-0.1, -0.05) is 6.07 Å². The van der Waals surface area contributed by atoms with E-state index in [0.29, 0.717) is 12.5 Å². The highest BCUT2D eigenvalue weighted by Crippen LogP contribution is 2.35. The number of methoxy groups -OCH3 is 2. The van der Waals surface area contributed by atoms with Gasteiger partial charge in [0.2, 0.25) is 0 Å². The maximum atomic E-state index is 5.76. The van der Waals surface area contributed by atoms with Crippen molar-refractivity contribution < 1.29 is 9.47 Å². The zero-order chi connectivity index (χ0) is 13.7. The Morgan fingerprint density at radius 2 is 1.84 bits per heavy atom. The quantitative estimate of drug-likeness (QED) is 0.881. The highest BCUT2D eigenvalue weighted by atomic mass is 32.1. The molecular weight excluding hydrogens is 258 g/mol. The van der Waals surface area contributed by atoms with Gasteiger partial charge in [-0.15, -0.1) is 11.3 Å². The smallest absolute Gasteiger partial charge is 0.122 e. The van der Waals surface area contributed by atoms with Crippen molar-refractivity contribution >= 4 is 11.3 Å². The molecule has 0 spiro atoms. The summed E-state index contributed by atoms with van der Waals surface area (Å²) in [5.41, 5.74) is 6.94. The molecule has 19 heavy (non-hydrogen) atoms. The van der Waals surface area contributed by atoms with Crippen LogP contribution in [0.3, 0.4) is 0 Å². The standard InChI is InChI=1S/C15H19NO2S/c1-17-12-8-11(9-13(10-12)18-2)14(5-6-16)15-4-3-7-19-15/h3-4,7-10,14H,5-6,16H2,1-2H3. The molecule has 0 saturated heterocycles. The van der Waals surface area contributed by atoms with E-state index >= 15 is 0 Å². The summed E-state index contributed by atoms with van der Waals surface area (Å²) >= 11 is 1.76. The van der Waals surface area contributed by atoms with Crippen molar-refractivity contribution in [3.05, 3.63) is 46.2 Å². The van der Waals surface area contributed by atoms with Gasteiger partial charge >= 0.3 is 0 Å². The molecule has 1 unspecified atom stereocenters. The molecule has 2 rings (SSSR count). The fourth-order valence-corrected chi connectivity index (χ4v) is 3.05. The summed E-state index contributed by atoms with van der Waals surface area (Å²) in [4.78, 5) is 1.32. The average molecular weight is 277 g/mol. The molecule has 0 radical (unpaired) electrons. The van der Waals surface area contributed by atoms with Crippen LogP contribution < -0.4 is 15.2 Å². The summed E-state index contributed by atoms with van der Waals surface area (Å²) in [6.07, 6.45) is 0.914. The van der Waals surface area contributed by atoms with Gasteiger partial charge in [0.15, 0.2) is 0 Å². The second-order valence-corrected chi connectivity index (χ2v) is 5.27. The van der Waals surface area contributed by atoms with Gasteiger partial charge in [0, 0.05) is 16.9 Å². The van der Waals surface area contributed by atoms with E-state index in [1.165, 1.54) is 10.4 Å². The van der Waals surface area contributed by atoms with Gasteiger partial charge in [0.25, 0.3) is 0 Å². The van der Waals surface area contributed by atoms with Crippen LogP contribution in [0.25, 0.3) is 0 Å². The fourth-order valence-electron chi connectivity index (χ4n) is 2.16. The average Bonchev–Trinajstić information content (AvgIpc) is 2.97. The fraction of sp³-hybridized carbons (Fsp3) is 0.333. The minimum Gasteiger partial charge on any atom is -0.497 e. The van der Waals surface area contributed by atoms with Gasteiger partial charge < -0.3 is 15.2 Å². The maximum absolute atomic E-state index is 5.76. The third-order valence-electron chi connectivity index (χ3n) is 3.12. The van der Waals surface area contributed by atoms with E-state index in [1.807, 2.05) is 6.07 Å². The molecule has 0 aliphatic carbocycles. The third kappa shape index (κ3) is 3.28. The molecule has 3 nitrogen and oxygen atoms in total. The highest BCUT2D eigenvalue weighted by Gasteiger charge is 2.16. The molecule has 1 heterocycles. The van der Waals surface area contributed by atoms with Gasteiger partial charge in [-0.2, -0.15) is 0 Å². The number of thiophene rings is 1. The van der Waals surface area contributed by atoms with Gasteiger partial charge in [0.05, 0.1) is 14.2 Å². The lowest BCUT2D eigenvalue weighted by Gasteiger charge is -2.17.